The van der Waals surface area contributed by atoms with E-state index in [4.69, 9.17) is 18.9 Å². The number of aliphatic hydroxyl groups is 1. The van der Waals surface area contributed by atoms with Crippen molar-refractivity contribution in [3.8, 4) is 23.0 Å². The van der Waals surface area contributed by atoms with Gasteiger partial charge in [-0.1, -0.05) is 19.9 Å². The smallest absolute Gasteiger partial charge is 0.161 e. The van der Waals surface area contributed by atoms with Gasteiger partial charge in [0, 0.05) is 5.92 Å². The molecule has 0 aliphatic heterocycles. The molecule has 0 spiro atoms. The Morgan fingerprint density at radius 3 is 1.74 bits per heavy atom. The Labute approximate surface area is 160 Å². The third-order valence-electron chi connectivity index (χ3n) is 5.86. The van der Waals surface area contributed by atoms with Crippen LogP contribution in [0.3, 0.4) is 0 Å². The first kappa shape index (κ1) is 19.4. The van der Waals surface area contributed by atoms with Gasteiger partial charge in [-0.2, -0.15) is 0 Å². The van der Waals surface area contributed by atoms with E-state index in [0.717, 1.165) is 16.7 Å². The topological polar surface area (TPSA) is 57.2 Å². The summed E-state index contributed by atoms with van der Waals surface area (Å²) in [4.78, 5) is 0. The molecule has 5 nitrogen and oxygen atoms in total. The van der Waals surface area contributed by atoms with Crippen molar-refractivity contribution < 1.29 is 24.1 Å². The lowest BCUT2D eigenvalue weighted by Crippen LogP contribution is -2.30. The van der Waals surface area contributed by atoms with Crippen molar-refractivity contribution >= 4 is 0 Å². The lowest BCUT2D eigenvalue weighted by atomic mass is 9.66. The van der Waals surface area contributed by atoms with Gasteiger partial charge in [-0.25, -0.2) is 0 Å². The van der Waals surface area contributed by atoms with Gasteiger partial charge >= 0.3 is 0 Å². The van der Waals surface area contributed by atoms with Crippen LogP contribution in [-0.2, 0) is 0 Å². The predicted octanol–water partition coefficient (Wildman–Crippen LogP) is 4.17. The van der Waals surface area contributed by atoms with Crippen LogP contribution in [0.1, 0.15) is 42.6 Å². The Balaban J connectivity index is 2.20. The summed E-state index contributed by atoms with van der Waals surface area (Å²) >= 11 is 0. The Bertz CT molecular complexity index is 817. The molecule has 0 saturated heterocycles. The maximum Gasteiger partial charge on any atom is 0.161 e. The third kappa shape index (κ3) is 3.21. The average molecular weight is 372 g/mol. The first-order valence-electron chi connectivity index (χ1n) is 9.12. The minimum atomic E-state index is -0.550. The second-order valence-electron chi connectivity index (χ2n) is 7.09. The highest BCUT2D eigenvalue weighted by Gasteiger charge is 2.39. The van der Waals surface area contributed by atoms with E-state index in [1.54, 1.807) is 28.4 Å². The van der Waals surface area contributed by atoms with Gasteiger partial charge in [0.2, 0.25) is 0 Å². The number of ether oxygens (including phenoxy) is 4. The van der Waals surface area contributed by atoms with Gasteiger partial charge in [0.05, 0.1) is 34.5 Å². The molecular formula is C22H28O5. The van der Waals surface area contributed by atoms with Crippen molar-refractivity contribution in [1.82, 2.24) is 0 Å². The molecule has 0 saturated carbocycles. The van der Waals surface area contributed by atoms with E-state index in [0.29, 0.717) is 23.0 Å². The molecule has 2 aromatic rings. The number of benzene rings is 2. The summed E-state index contributed by atoms with van der Waals surface area (Å²) in [6.45, 7) is 4.26. The number of hydrogen-bond donors (Lipinski definition) is 1. The molecule has 1 aliphatic rings. The predicted molar refractivity (Wildman–Crippen MR) is 104 cm³/mol. The van der Waals surface area contributed by atoms with Crippen molar-refractivity contribution in [3.05, 3.63) is 47.0 Å². The van der Waals surface area contributed by atoms with E-state index < -0.39 is 6.10 Å². The summed E-state index contributed by atoms with van der Waals surface area (Å²) in [5, 5.41) is 10.9. The summed E-state index contributed by atoms with van der Waals surface area (Å²) in [5.41, 5.74) is 3.06. The van der Waals surface area contributed by atoms with Crippen molar-refractivity contribution in [1.29, 1.82) is 0 Å². The molecule has 0 aromatic heterocycles. The molecule has 5 heteroatoms. The maximum absolute atomic E-state index is 10.9. The summed E-state index contributed by atoms with van der Waals surface area (Å²) in [6.07, 6.45) is -0.550. The van der Waals surface area contributed by atoms with Crippen LogP contribution in [0.15, 0.2) is 30.3 Å². The molecule has 146 valence electrons. The van der Waals surface area contributed by atoms with Gasteiger partial charge < -0.3 is 24.1 Å². The molecule has 4 atom stereocenters. The number of methoxy groups -OCH3 is 4. The van der Waals surface area contributed by atoms with Crippen LogP contribution in [0.5, 0.6) is 23.0 Å². The van der Waals surface area contributed by atoms with Crippen LogP contribution in [0.25, 0.3) is 0 Å². The van der Waals surface area contributed by atoms with E-state index in [1.165, 1.54) is 0 Å². The molecule has 0 amide bonds. The Kier molecular flexibility index (Phi) is 5.51. The minimum Gasteiger partial charge on any atom is -0.493 e. The van der Waals surface area contributed by atoms with Gasteiger partial charge in [0.25, 0.3) is 0 Å². The zero-order valence-electron chi connectivity index (χ0n) is 16.8. The molecular weight excluding hydrogens is 344 g/mol. The molecule has 0 bridgehead atoms. The first-order chi connectivity index (χ1) is 13.0. The molecule has 0 heterocycles. The lowest BCUT2D eigenvalue weighted by Gasteiger charge is -2.40. The number of aliphatic hydroxyl groups excluding tert-OH is 1. The fourth-order valence-electron chi connectivity index (χ4n) is 4.12. The van der Waals surface area contributed by atoms with Crippen LogP contribution < -0.4 is 18.9 Å². The Morgan fingerprint density at radius 2 is 1.19 bits per heavy atom. The van der Waals surface area contributed by atoms with E-state index >= 15 is 0 Å². The molecule has 0 unspecified atom stereocenters. The zero-order valence-corrected chi connectivity index (χ0v) is 16.8. The van der Waals surface area contributed by atoms with Crippen LogP contribution in [0.4, 0.5) is 0 Å². The largest absolute Gasteiger partial charge is 0.493 e. The summed E-state index contributed by atoms with van der Waals surface area (Å²) in [5.74, 6) is 3.10. The molecule has 1 N–H and O–H groups in total. The fraction of sp³-hybridized carbons (Fsp3) is 0.455. The molecule has 3 rings (SSSR count). The average Bonchev–Trinajstić information content (AvgIpc) is 2.71. The highest BCUT2D eigenvalue weighted by Crippen LogP contribution is 2.51. The fourth-order valence-corrected chi connectivity index (χ4v) is 4.12. The van der Waals surface area contributed by atoms with Crippen LogP contribution >= 0.6 is 0 Å². The summed E-state index contributed by atoms with van der Waals surface area (Å²) in [6, 6.07) is 9.89. The van der Waals surface area contributed by atoms with E-state index in [9.17, 15) is 5.11 Å². The minimum absolute atomic E-state index is 0.0914. The second-order valence-corrected chi connectivity index (χ2v) is 7.09. The molecule has 0 radical (unpaired) electrons. The molecule has 27 heavy (non-hydrogen) atoms. The standard InChI is InChI=1S/C22H28O5/c1-12-13(2)22(23)16-11-20(27-6)19(26-5)10-15(16)21(12)14-7-8-17(24-3)18(9-14)25-4/h7-13,21-23H,1-6H3/t12-,13-,21+,22+/m0/s1. The summed E-state index contributed by atoms with van der Waals surface area (Å²) < 4.78 is 21.8. The van der Waals surface area contributed by atoms with E-state index in [2.05, 4.69) is 19.9 Å². The third-order valence-corrected chi connectivity index (χ3v) is 5.86. The van der Waals surface area contributed by atoms with Crippen LogP contribution in [-0.4, -0.2) is 33.5 Å². The van der Waals surface area contributed by atoms with Crippen molar-refractivity contribution in [2.75, 3.05) is 28.4 Å². The number of hydrogen-bond acceptors (Lipinski definition) is 5. The van der Waals surface area contributed by atoms with Gasteiger partial charge in [0.15, 0.2) is 23.0 Å². The Hall–Kier alpha value is -2.40. The SMILES string of the molecule is COc1ccc([C@@H]2c3cc(OC)c(OC)cc3[C@H](O)[C@@H](C)[C@@H]2C)cc1OC. The van der Waals surface area contributed by atoms with Crippen LogP contribution in [0, 0.1) is 11.8 Å². The first-order valence-corrected chi connectivity index (χ1v) is 9.12. The zero-order chi connectivity index (χ0) is 19.7. The van der Waals surface area contributed by atoms with Crippen molar-refractivity contribution in [3.63, 3.8) is 0 Å². The highest BCUT2D eigenvalue weighted by atomic mass is 16.5. The Morgan fingerprint density at radius 1 is 0.667 bits per heavy atom. The number of fused-ring (bicyclic) bond motifs is 1. The summed E-state index contributed by atoms with van der Waals surface area (Å²) in [7, 11) is 6.50. The normalized spacial score (nSPS) is 24.1. The van der Waals surface area contributed by atoms with Gasteiger partial charge in [-0.15, -0.1) is 0 Å². The quantitative estimate of drug-likeness (QED) is 0.854. The van der Waals surface area contributed by atoms with Gasteiger partial charge in [-0.05, 0) is 52.8 Å². The maximum atomic E-state index is 10.9. The number of rotatable bonds is 5. The molecule has 2 aromatic carbocycles. The van der Waals surface area contributed by atoms with Crippen LogP contribution in [0.2, 0.25) is 0 Å². The lowest BCUT2D eigenvalue weighted by molar-refractivity contribution is 0.0684. The highest BCUT2D eigenvalue weighted by molar-refractivity contribution is 5.54. The van der Waals surface area contributed by atoms with Gasteiger partial charge in [-0.3, -0.25) is 0 Å². The van der Waals surface area contributed by atoms with Crippen molar-refractivity contribution in [2.24, 2.45) is 11.8 Å². The molecule has 0 fully saturated rings. The molecule has 1 aliphatic carbocycles. The van der Waals surface area contributed by atoms with E-state index in [-0.39, 0.29) is 17.8 Å². The van der Waals surface area contributed by atoms with Gasteiger partial charge in [0.1, 0.15) is 0 Å². The monoisotopic (exact) mass is 372 g/mol. The second kappa shape index (κ2) is 7.69. The van der Waals surface area contributed by atoms with Crippen molar-refractivity contribution in [2.45, 2.75) is 25.9 Å². The van der Waals surface area contributed by atoms with E-state index in [1.807, 2.05) is 24.3 Å².